The zero-order valence-corrected chi connectivity index (χ0v) is 11.5. The molecular formula is C13H16ClN3O. The van der Waals surface area contributed by atoms with Crippen LogP contribution in [-0.4, -0.2) is 29.4 Å². The SMILES string of the molecule is CCC1(C)C(=N)N(c2ccc(Cl)cc2)C(=O)N1C. The van der Waals surface area contributed by atoms with Crippen molar-refractivity contribution in [1.82, 2.24) is 4.90 Å². The molecule has 1 saturated heterocycles. The van der Waals surface area contributed by atoms with Crippen molar-refractivity contribution in [2.75, 3.05) is 11.9 Å². The van der Waals surface area contributed by atoms with Gasteiger partial charge in [-0.3, -0.25) is 5.41 Å². The van der Waals surface area contributed by atoms with Crippen molar-refractivity contribution in [3.05, 3.63) is 29.3 Å². The third-order valence-electron chi connectivity index (χ3n) is 3.73. The predicted molar refractivity (Wildman–Crippen MR) is 73.5 cm³/mol. The second-order valence-corrected chi connectivity index (χ2v) is 5.07. The van der Waals surface area contributed by atoms with Gasteiger partial charge in [0, 0.05) is 12.1 Å². The molecule has 1 N–H and O–H groups in total. The average molecular weight is 266 g/mol. The number of benzene rings is 1. The number of hydrogen-bond acceptors (Lipinski definition) is 2. The second-order valence-electron chi connectivity index (χ2n) is 4.63. The van der Waals surface area contributed by atoms with Crippen molar-refractivity contribution >= 4 is 29.2 Å². The number of anilines is 1. The van der Waals surface area contributed by atoms with Crippen LogP contribution >= 0.6 is 11.6 Å². The smallest absolute Gasteiger partial charge is 0.314 e. The number of nitrogens with zero attached hydrogens (tertiary/aromatic N) is 2. The number of hydrogen-bond donors (Lipinski definition) is 1. The Labute approximate surface area is 112 Å². The highest BCUT2D eigenvalue weighted by Crippen LogP contribution is 2.33. The molecule has 0 aromatic heterocycles. The molecule has 2 amide bonds. The average Bonchev–Trinajstić information content (AvgIpc) is 2.54. The normalized spacial score (nSPS) is 24.0. The fourth-order valence-corrected chi connectivity index (χ4v) is 2.22. The van der Waals surface area contributed by atoms with Crippen LogP contribution in [0.25, 0.3) is 0 Å². The van der Waals surface area contributed by atoms with Crippen molar-refractivity contribution in [2.24, 2.45) is 0 Å². The first kappa shape index (κ1) is 12.9. The molecule has 0 radical (unpaired) electrons. The lowest BCUT2D eigenvalue weighted by Gasteiger charge is -2.28. The number of amidine groups is 1. The van der Waals surface area contributed by atoms with E-state index in [4.69, 9.17) is 17.0 Å². The number of carbonyl (C=O) groups excluding carboxylic acids is 1. The highest BCUT2D eigenvalue weighted by molar-refractivity contribution is 6.31. The van der Waals surface area contributed by atoms with Crippen molar-refractivity contribution in [2.45, 2.75) is 25.8 Å². The molecule has 1 heterocycles. The molecule has 0 bridgehead atoms. The van der Waals surface area contributed by atoms with E-state index in [2.05, 4.69) is 0 Å². The Hall–Kier alpha value is -1.55. The van der Waals surface area contributed by atoms with Crippen molar-refractivity contribution in [1.29, 1.82) is 5.41 Å². The quantitative estimate of drug-likeness (QED) is 0.876. The lowest BCUT2D eigenvalue weighted by molar-refractivity contribution is 0.198. The standard InChI is InChI=1S/C13H16ClN3O/c1-4-13(2)11(15)17(12(18)16(13)3)10-7-5-9(14)6-8-10/h5-8,15H,4H2,1-3H3. The topological polar surface area (TPSA) is 47.4 Å². The van der Waals surface area contributed by atoms with Gasteiger partial charge in [0.15, 0.2) is 0 Å². The van der Waals surface area contributed by atoms with Crippen LogP contribution in [0.4, 0.5) is 10.5 Å². The number of rotatable bonds is 2. The summed E-state index contributed by atoms with van der Waals surface area (Å²) in [5.41, 5.74) is 0.134. The van der Waals surface area contributed by atoms with E-state index in [0.29, 0.717) is 23.0 Å². The Balaban J connectivity index is 2.44. The molecule has 96 valence electrons. The Morgan fingerprint density at radius 2 is 1.89 bits per heavy atom. The summed E-state index contributed by atoms with van der Waals surface area (Å²) in [6, 6.07) is 6.78. The summed E-state index contributed by atoms with van der Waals surface area (Å²) in [5, 5.41) is 8.86. The van der Waals surface area contributed by atoms with Crippen LogP contribution in [0.5, 0.6) is 0 Å². The van der Waals surface area contributed by atoms with Crippen LogP contribution in [0.3, 0.4) is 0 Å². The fourth-order valence-electron chi connectivity index (χ4n) is 2.09. The summed E-state index contributed by atoms with van der Waals surface area (Å²) in [7, 11) is 1.73. The Kier molecular flexibility index (Phi) is 3.07. The molecule has 0 aliphatic carbocycles. The molecule has 1 unspecified atom stereocenters. The first-order valence-corrected chi connectivity index (χ1v) is 6.22. The Morgan fingerprint density at radius 1 is 1.33 bits per heavy atom. The van der Waals surface area contributed by atoms with Gasteiger partial charge in [0.05, 0.1) is 11.2 Å². The van der Waals surface area contributed by atoms with Crippen LogP contribution in [0.15, 0.2) is 24.3 Å². The van der Waals surface area contributed by atoms with Gasteiger partial charge in [0.1, 0.15) is 5.84 Å². The minimum absolute atomic E-state index is 0.174. The second kappa shape index (κ2) is 4.28. The van der Waals surface area contributed by atoms with Crippen LogP contribution in [0, 0.1) is 5.41 Å². The van der Waals surface area contributed by atoms with Gasteiger partial charge < -0.3 is 4.90 Å². The highest BCUT2D eigenvalue weighted by atomic mass is 35.5. The molecule has 1 fully saturated rings. The lowest BCUT2D eigenvalue weighted by Crippen LogP contribution is -2.43. The largest absolute Gasteiger partial charge is 0.330 e. The number of likely N-dealkylation sites (N-methyl/N-ethyl adjacent to an activating group) is 1. The summed E-state index contributed by atoms with van der Waals surface area (Å²) in [6.45, 7) is 3.88. The number of amides is 2. The third kappa shape index (κ3) is 1.68. The van der Waals surface area contributed by atoms with Gasteiger partial charge in [-0.05, 0) is 37.6 Å². The number of carbonyl (C=O) groups is 1. The van der Waals surface area contributed by atoms with E-state index in [9.17, 15) is 4.79 Å². The molecule has 2 rings (SSSR count). The molecule has 1 aliphatic heterocycles. The molecule has 1 aromatic carbocycles. The Morgan fingerprint density at radius 3 is 2.33 bits per heavy atom. The van der Waals surface area contributed by atoms with Crippen LogP contribution in [0.2, 0.25) is 5.02 Å². The molecule has 1 aromatic rings. The maximum Gasteiger partial charge on any atom is 0.330 e. The van der Waals surface area contributed by atoms with Crippen LogP contribution in [-0.2, 0) is 0 Å². The molecule has 0 spiro atoms. The van der Waals surface area contributed by atoms with E-state index in [-0.39, 0.29) is 6.03 Å². The number of urea groups is 1. The van der Waals surface area contributed by atoms with E-state index >= 15 is 0 Å². The van der Waals surface area contributed by atoms with E-state index < -0.39 is 5.54 Å². The summed E-state index contributed by atoms with van der Waals surface area (Å²) in [4.78, 5) is 15.3. The maximum atomic E-state index is 12.3. The molecule has 1 atom stereocenters. The summed E-state index contributed by atoms with van der Waals surface area (Å²) in [6.07, 6.45) is 0.707. The predicted octanol–water partition coefficient (Wildman–Crippen LogP) is 3.36. The lowest BCUT2D eigenvalue weighted by atomic mass is 9.97. The molecule has 5 heteroatoms. The van der Waals surface area contributed by atoms with E-state index in [1.807, 2.05) is 13.8 Å². The fraction of sp³-hybridized carbons (Fsp3) is 0.385. The number of nitrogens with one attached hydrogen (secondary N) is 1. The first-order chi connectivity index (χ1) is 8.41. The van der Waals surface area contributed by atoms with Gasteiger partial charge in [0.2, 0.25) is 0 Å². The van der Waals surface area contributed by atoms with E-state index in [1.165, 1.54) is 4.90 Å². The van der Waals surface area contributed by atoms with Gasteiger partial charge in [-0.15, -0.1) is 0 Å². The third-order valence-corrected chi connectivity index (χ3v) is 3.98. The van der Waals surface area contributed by atoms with E-state index in [1.54, 1.807) is 36.2 Å². The monoisotopic (exact) mass is 265 g/mol. The summed E-state index contributed by atoms with van der Waals surface area (Å²) < 4.78 is 0. The van der Waals surface area contributed by atoms with Crippen molar-refractivity contribution in [3.63, 3.8) is 0 Å². The van der Waals surface area contributed by atoms with Gasteiger partial charge >= 0.3 is 6.03 Å². The Bertz CT molecular complexity index is 499. The first-order valence-electron chi connectivity index (χ1n) is 5.84. The van der Waals surface area contributed by atoms with Crippen LogP contribution in [0.1, 0.15) is 20.3 Å². The maximum absolute atomic E-state index is 12.3. The highest BCUT2D eigenvalue weighted by Gasteiger charge is 2.48. The zero-order valence-electron chi connectivity index (χ0n) is 10.7. The van der Waals surface area contributed by atoms with Gasteiger partial charge in [-0.2, -0.15) is 0 Å². The minimum atomic E-state index is -0.545. The van der Waals surface area contributed by atoms with Gasteiger partial charge in [-0.1, -0.05) is 18.5 Å². The molecule has 0 saturated carbocycles. The zero-order chi connectivity index (χ0) is 13.5. The van der Waals surface area contributed by atoms with Crippen LogP contribution < -0.4 is 4.90 Å². The van der Waals surface area contributed by atoms with Gasteiger partial charge in [-0.25, -0.2) is 9.69 Å². The van der Waals surface area contributed by atoms with Crippen molar-refractivity contribution < 1.29 is 4.79 Å². The minimum Gasteiger partial charge on any atom is -0.314 e. The molecule has 18 heavy (non-hydrogen) atoms. The van der Waals surface area contributed by atoms with Gasteiger partial charge in [0.25, 0.3) is 0 Å². The molecule has 4 nitrogen and oxygen atoms in total. The summed E-state index contributed by atoms with van der Waals surface area (Å²) >= 11 is 5.84. The molecule has 1 aliphatic rings. The van der Waals surface area contributed by atoms with E-state index in [0.717, 1.165) is 0 Å². The number of halogens is 1. The molecular weight excluding hydrogens is 250 g/mol. The summed E-state index contributed by atoms with van der Waals surface area (Å²) in [5.74, 6) is 0.305. The van der Waals surface area contributed by atoms with Crippen molar-refractivity contribution in [3.8, 4) is 0 Å².